The van der Waals surface area contributed by atoms with Crippen molar-refractivity contribution in [1.82, 2.24) is 0 Å². The molecule has 0 spiro atoms. The zero-order valence-electron chi connectivity index (χ0n) is 7.40. The van der Waals surface area contributed by atoms with Gasteiger partial charge in [-0.05, 0) is 15.8 Å². The Bertz CT molecular complexity index is 157. The van der Waals surface area contributed by atoms with Gasteiger partial charge in [-0.1, -0.05) is 3.89 Å². The molecule has 11 heteroatoms. The lowest BCUT2D eigenvalue weighted by atomic mass is 10.9. The molecule has 0 aromatic carbocycles. The van der Waals surface area contributed by atoms with Crippen molar-refractivity contribution >= 4 is 10.5 Å². The largest absolute Gasteiger partial charge is 0.468 e. The first-order valence-corrected chi connectivity index (χ1v) is 4.16. The average Bonchev–Trinajstić information content (AvgIpc) is 2.07. The molecule has 0 atom stereocenters. The molecule has 0 heterocycles. The van der Waals surface area contributed by atoms with Gasteiger partial charge in [0.15, 0.2) is 0 Å². The number of alkyl halides is 5. The van der Waals surface area contributed by atoms with Crippen molar-refractivity contribution in [2.24, 2.45) is 0 Å². The van der Waals surface area contributed by atoms with Crippen LogP contribution in [-0.2, 0) is 14.9 Å². The van der Waals surface area contributed by atoms with Gasteiger partial charge in [-0.2, -0.15) is 8.42 Å². The summed E-state index contributed by atoms with van der Waals surface area (Å²) in [6.45, 7) is -2.29. The van der Waals surface area contributed by atoms with Crippen LogP contribution < -0.4 is 0 Å². The summed E-state index contributed by atoms with van der Waals surface area (Å²) in [5.74, 6) is 0. The van der Waals surface area contributed by atoms with Crippen LogP contribution in [0.25, 0.3) is 0 Å². The van der Waals surface area contributed by atoms with Crippen molar-refractivity contribution in [3.63, 3.8) is 0 Å². The SMILES string of the molecule is CCF.FCF.FCF.O=S(=O)(F)OF. The van der Waals surface area contributed by atoms with E-state index in [9.17, 15) is 30.4 Å². The van der Waals surface area contributed by atoms with E-state index in [4.69, 9.17) is 8.42 Å². The number of hydrogen-bond acceptors (Lipinski definition) is 3. The molecule has 0 bridgehead atoms. The van der Waals surface area contributed by atoms with Crippen LogP contribution in [0, 0.1) is 0 Å². The minimum atomic E-state index is -5.33. The Labute approximate surface area is 82.2 Å². The second-order valence-corrected chi connectivity index (χ2v) is 1.84. The van der Waals surface area contributed by atoms with E-state index in [0.717, 1.165) is 0 Å². The van der Waals surface area contributed by atoms with Crippen LogP contribution in [0.5, 0.6) is 0 Å². The fourth-order valence-electron chi connectivity index (χ4n) is 0. The van der Waals surface area contributed by atoms with Crippen molar-refractivity contribution in [2.75, 3.05) is 20.5 Å². The highest BCUT2D eigenvalue weighted by atomic mass is 32.3. The monoisotopic (exact) mass is 270 g/mol. The maximum Gasteiger partial charge on any atom is 0.468 e. The molecule has 0 aliphatic heterocycles. The molecule has 0 saturated heterocycles. The Morgan fingerprint density at radius 2 is 1.07 bits per heavy atom. The second-order valence-electron chi connectivity index (χ2n) is 0.925. The van der Waals surface area contributed by atoms with E-state index >= 15 is 0 Å². The summed E-state index contributed by atoms with van der Waals surface area (Å²) in [7, 11) is -5.33. The van der Waals surface area contributed by atoms with Crippen LogP contribution >= 0.6 is 0 Å². The van der Waals surface area contributed by atoms with Crippen molar-refractivity contribution < 1.29 is 43.2 Å². The zero-order valence-corrected chi connectivity index (χ0v) is 8.22. The first-order chi connectivity index (χ1) is 6.80. The van der Waals surface area contributed by atoms with Gasteiger partial charge >= 0.3 is 10.5 Å². The van der Waals surface area contributed by atoms with E-state index in [1.54, 1.807) is 4.39 Å². The Morgan fingerprint density at radius 3 is 1.07 bits per heavy atom. The van der Waals surface area contributed by atoms with Crippen molar-refractivity contribution in [3.05, 3.63) is 0 Å². The van der Waals surface area contributed by atoms with Gasteiger partial charge < -0.3 is 0 Å². The Kier molecular flexibility index (Phi) is 37.2. The molecule has 98 valence electrons. The second kappa shape index (κ2) is 23.3. The molecule has 0 aromatic heterocycles. The lowest BCUT2D eigenvalue weighted by Crippen LogP contribution is -1.85. The minimum absolute atomic E-state index is 0.250. The highest BCUT2D eigenvalue weighted by Crippen LogP contribution is 1.90. The Balaban J connectivity index is -0.0000000581. The smallest absolute Gasteiger partial charge is 0.251 e. The summed E-state index contributed by atoms with van der Waals surface area (Å²) in [6.07, 6.45) is 0. The summed E-state index contributed by atoms with van der Waals surface area (Å²) in [6, 6.07) is 0. The minimum Gasteiger partial charge on any atom is -0.251 e. The van der Waals surface area contributed by atoms with E-state index < -0.39 is 24.4 Å². The number of hydrogen-bond donors (Lipinski definition) is 0. The molecule has 15 heavy (non-hydrogen) atoms. The van der Waals surface area contributed by atoms with Crippen LogP contribution in [0.1, 0.15) is 6.92 Å². The third-order valence-electron chi connectivity index (χ3n) is 0.0752. The third-order valence-corrected chi connectivity index (χ3v) is 0.226. The molecular weight excluding hydrogens is 261 g/mol. The van der Waals surface area contributed by atoms with E-state index in [0.29, 0.717) is 0 Å². The van der Waals surface area contributed by atoms with Gasteiger partial charge in [-0.15, -0.1) is 0 Å². The third kappa shape index (κ3) is 299. The predicted octanol–water partition coefficient (Wildman–Crippen LogP) is 2.84. The topological polar surface area (TPSA) is 43.4 Å². The lowest BCUT2D eigenvalue weighted by Gasteiger charge is -1.71. The fraction of sp³-hybridized carbons (Fsp3) is 1.00. The van der Waals surface area contributed by atoms with Crippen molar-refractivity contribution in [1.29, 1.82) is 0 Å². The molecule has 0 radical (unpaired) electrons. The molecule has 0 saturated carbocycles. The molecule has 0 unspecified atom stereocenters. The van der Waals surface area contributed by atoms with E-state index in [1.165, 1.54) is 6.92 Å². The lowest BCUT2D eigenvalue weighted by molar-refractivity contribution is -0.00520. The van der Waals surface area contributed by atoms with Gasteiger partial charge in [0.1, 0.15) is 0 Å². The maximum atomic E-state index is 10.5. The van der Waals surface area contributed by atoms with Crippen LogP contribution in [-0.4, -0.2) is 28.9 Å². The summed E-state index contributed by atoms with van der Waals surface area (Å²) < 4.78 is 88.5. The van der Waals surface area contributed by atoms with E-state index in [1.807, 2.05) is 0 Å². The van der Waals surface area contributed by atoms with E-state index in [2.05, 4.69) is 0 Å². The molecular formula is C4H9F7O3S. The molecule has 0 N–H and O–H groups in total. The van der Waals surface area contributed by atoms with Gasteiger partial charge in [0, 0.05) is 0 Å². The predicted molar refractivity (Wildman–Crippen MR) is 38.0 cm³/mol. The first kappa shape index (κ1) is 23.9. The number of halogens is 7. The zero-order chi connectivity index (χ0) is 13.3. The van der Waals surface area contributed by atoms with Crippen LogP contribution in [0.4, 0.5) is 30.4 Å². The molecule has 3 nitrogen and oxygen atoms in total. The molecule has 0 aliphatic rings. The van der Waals surface area contributed by atoms with Gasteiger partial charge in [0.2, 0.25) is 13.9 Å². The van der Waals surface area contributed by atoms with Crippen molar-refractivity contribution in [2.45, 2.75) is 6.92 Å². The van der Waals surface area contributed by atoms with E-state index in [-0.39, 0.29) is 6.67 Å². The number of rotatable bonds is 1. The molecule has 0 aromatic rings. The molecule has 0 aliphatic carbocycles. The summed E-state index contributed by atoms with van der Waals surface area (Å²) in [4.78, 5) is 0. The van der Waals surface area contributed by atoms with Crippen LogP contribution in [0.2, 0.25) is 0 Å². The quantitative estimate of drug-likeness (QED) is 0.543. The summed E-state index contributed by atoms with van der Waals surface area (Å²) >= 11 is 0. The van der Waals surface area contributed by atoms with Crippen LogP contribution in [0.15, 0.2) is 0 Å². The average molecular weight is 270 g/mol. The van der Waals surface area contributed by atoms with Crippen LogP contribution in [0.3, 0.4) is 0 Å². The van der Waals surface area contributed by atoms with Gasteiger partial charge in [-0.3, -0.25) is 4.39 Å². The van der Waals surface area contributed by atoms with Gasteiger partial charge in [-0.25, -0.2) is 17.6 Å². The van der Waals surface area contributed by atoms with Gasteiger partial charge in [0.25, 0.3) is 0 Å². The summed E-state index contributed by atoms with van der Waals surface area (Å²) in [5.41, 5.74) is 0. The molecule has 0 amide bonds. The molecule has 0 rings (SSSR count). The highest BCUT2D eigenvalue weighted by molar-refractivity contribution is 7.81. The first-order valence-electron chi connectivity index (χ1n) is 2.85. The Morgan fingerprint density at radius 1 is 1.00 bits per heavy atom. The standard InChI is InChI=1S/C2H5F.2CH2F2.F2O3S/c1-2-3;2*2-1-3;1-5-6(2,3)4/h2H2,1H3;2*1H2;. The Hall–Kier alpha value is -0.580. The maximum absolute atomic E-state index is 10.5. The summed E-state index contributed by atoms with van der Waals surface area (Å²) in [5, 5.41) is 0. The normalized spacial score (nSPS) is 8.27. The van der Waals surface area contributed by atoms with Crippen molar-refractivity contribution in [3.8, 4) is 0 Å². The fourth-order valence-corrected chi connectivity index (χ4v) is 0. The highest BCUT2D eigenvalue weighted by Gasteiger charge is 2.03. The van der Waals surface area contributed by atoms with Gasteiger partial charge in [0.05, 0.1) is 6.67 Å². The molecule has 0 fully saturated rings.